The number of nitrogens with zero attached hydrogens (tertiary/aromatic N) is 2. The van der Waals surface area contributed by atoms with Crippen molar-refractivity contribution in [2.45, 2.75) is 0 Å². The van der Waals surface area contributed by atoms with E-state index in [0.29, 0.717) is 18.0 Å². The van der Waals surface area contributed by atoms with Crippen molar-refractivity contribution in [2.24, 2.45) is 0 Å². The fourth-order valence-corrected chi connectivity index (χ4v) is 2.97. The fourth-order valence-electron chi connectivity index (χ4n) is 2.28. The van der Waals surface area contributed by atoms with Gasteiger partial charge >= 0.3 is 0 Å². The highest BCUT2D eigenvalue weighted by atomic mass is 32.1. The number of anilines is 1. The summed E-state index contributed by atoms with van der Waals surface area (Å²) >= 11 is 1.41. The predicted octanol–water partition coefficient (Wildman–Crippen LogP) is 2.24. The number of benzene rings is 1. The summed E-state index contributed by atoms with van der Waals surface area (Å²) in [7, 11) is 0. The quantitative estimate of drug-likeness (QED) is 0.849. The SMILES string of the molecule is O=C(c1cccs1)N1CCN(c2ccccc2)C(=O)C1. The van der Waals surface area contributed by atoms with Crippen molar-refractivity contribution in [3.05, 3.63) is 52.7 Å². The molecule has 1 aromatic heterocycles. The molecule has 0 saturated carbocycles. The number of piperazine rings is 1. The molecule has 20 heavy (non-hydrogen) atoms. The van der Waals surface area contributed by atoms with Gasteiger partial charge in [-0.15, -0.1) is 11.3 Å². The predicted molar refractivity (Wildman–Crippen MR) is 79.0 cm³/mol. The lowest BCUT2D eigenvalue weighted by atomic mass is 10.2. The molecule has 1 aliphatic rings. The van der Waals surface area contributed by atoms with Crippen molar-refractivity contribution in [3.63, 3.8) is 0 Å². The summed E-state index contributed by atoms with van der Waals surface area (Å²) in [6, 6.07) is 13.2. The zero-order chi connectivity index (χ0) is 13.9. The third-order valence-corrected chi connectivity index (χ3v) is 4.17. The minimum Gasteiger partial charge on any atom is -0.327 e. The number of hydrogen-bond acceptors (Lipinski definition) is 3. The molecule has 1 aromatic carbocycles. The van der Waals surface area contributed by atoms with E-state index in [-0.39, 0.29) is 18.4 Å². The zero-order valence-electron chi connectivity index (χ0n) is 10.9. The van der Waals surface area contributed by atoms with E-state index >= 15 is 0 Å². The highest BCUT2D eigenvalue weighted by Crippen LogP contribution is 2.19. The van der Waals surface area contributed by atoms with Gasteiger partial charge in [0.25, 0.3) is 5.91 Å². The number of para-hydroxylation sites is 1. The summed E-state index contributed by atoms with van der Waals surface area (Å²) in [5, 5.41) is 1.87. The van der Waals surface area contributed by atoms with Crippen LogP contribution < -0.4 is 4.90 Å². The van der Waals surface area contributed by atoms with Gasteiger partial charge in [-0.2, -0.15) is 0 Å². The minimum atomic E-state index is -0.0546. The third kappa shape index (κ3) is 2.44. The Kier molecular flexibility index (Phi) is 3.52. The molecule has 1 fully saturated rings. The summed E-state index contributed by atoms with van der Waals surface area (Å²) < 4.78 is 0. The molecule has 0 N–H and O–H groups in total. The first kappa shape index (κ1) is 12.9. The van der Waals surface area contributed by atoms with Crippen LogP contribution in [0.4, 0.5) is 5.69 Å². The number of hydrogen-bond donors (Lipinski definition) is 0. The smallest absolute Gasteiger partial charge is 0.264 e. The van der Waals surface area contributed by atoms with E-state index in [1.807, 2.05) is 41.8 Å². The molecule has 0 radical (unpaired) electrons. The topological polar surface area (TPSA) is 40.6 Å². The van der Waals surface area contributed by atoms with E-state index in [2.05, 4.69) is 0 Å². The molecule has 0 aliphatic carbocycles. The Morgan fingerprint density at radius 1 is 1.05 bits per heavy atom. The van der Waals surface area contributed by atoms with Crippen LogP contribution >= 0.6 is 11.3 Å². The Morgan fingerprint density at radius 2 is 1.85 bits per heavy atom. The van der Waals surface area contributed by atoms with Gasteiger partial charge in [-0.05, 0) is 23.6 Å². The monoisotopic (exact) mass is 286 g/mol. The summed E-state index contributed by atoms with van der Waals surface area (Å²) in [4.78, 5) is 28.5. The van der Waals surface area contributed by atoms with Gasteiger partial charge in [-0.1, -0.05) is 24.3 Å². The lowest BCUT2D eigenvalue weighted by Gasteiger charge is -2.34. The van der Waals surface area contributed by atoms with Gasteiger partial charge in [0.05, 0.1) is 4.88 Å². The van der Waals surface area contributed by atoms with E-state index in [1.165, 1.54) is 11.3 Å². The lowest BCUT2D eigenvalue weighted by Crippen LogP contribution is -2.52. The van der Waals surface area contributed by atoms with E-state index < -0.39 is 0 Å². The largest absolute Gasteiger partial charge is 0.327 e. The fraction of sp³-hybridized carbons (Fsp3) is 0.200. The third-order valence-electron chi connectivity index (χ3n) is 3.31. The van der Waals surface area contributed by atoms with Gasteiger partial charge in [-0.25, -0.2) is 0 Å². The maximum Gasteiger partial charge on any atom is 0.264 e. The first-order chi connectivity index (χ1) is 9.75. The van der Waals surface area contributed by atoms with Crippen molar-refractivity contribution in [2.75, 3.05) is 24.5 Å². The summed E-state index contributed by atoms with van der Waals surface area (Å²) in [5.74, 6) is -0.0894. The highest BCUT2D eigenvalue weighted by Gasteiger charge is 2.28. The molecule has 0 atom stereocenters. The second-order valence-corrected chi connectivity index (χ2v) is 5.53. The molecule has 4 nitrogen and oxygen atoms in total. The zero-order valence-corrected chi connectivity index (χ0v) is 11.7. The van der Waals surface area contributed by atoms with Gasteiger partial charge in [0.1, 0.15) is 6.54 Å². The molecule has 2 heterocycles. The summed E-state index contributed by atoms with van der Waals surface area (Å²) in [6.07, 6.45) is 0. The second-order valence-electron chi connectivity index (χ2n) is 4.58. The first-order valence-electron chi connectivity index (χ1n) is 6.44. The van der Waals surface area contributed by atoms with Crippen LogP contribution in [0.15, 0.2) is 47.8 Å². The second kappa shape index (κ2) is 5.46. The molecule has 2 aromatic rings. The maximum absolute atomic E-state index is 12.2. The Labute approximate surface area is 121 Å². The number of carbonyl (C=O) groups excluding carboxylic acids is 2. The molecule has 102 valence electrons. The number of amides is 2. The summed E-state index contributed by atoms with van der Waals surface area (Å²) in [5.41, 5.74) is 0.890. The average Bonchev–Trinajstić information content (AvgIpc) is 3.01. The van der Waals surface area contributed by atoms with Crippen LogP contribution in [0, 0.1) is 0 Å². The molecule has 1 aliphatic heterocycles. The molecule has 2 amide bonds. The van der Waals surface area contributed by atoms with Crippen LogP contribution in [0.25, 0.3) is 0 Å². The van der Waals surface area contributed by atoms with Crippen molar-refractivity contribution in [1.29, 1.82) is 0 Å². The number of carbonyl (C=O) groups is 2. The van der Waals surface area contributed by atoms with E-state index in [4.69, 9.17) is 0 Å². The normalized spacial score (nSPS) is 15.5. The van der Waals surface area contributed by atoms with Crippen LogP contribution in [-0.4, -0.2) is 36.3 Å². The number of rotatable bonds is 2. The standard InChI is InChI=1S/C15H14N2O2S/c18-14-11-16(15(19)13-7-4-10-20-13)8-9-17(14)12-5-2-1-3-6-12/h1-7,10H,8-9,11H2. The average molecular weight is 286 g/mol. The van der Waals surface area contributed by atoms with Crippen molar-refractivity contribution in [1.82, 2.24) is 4.90 Å². The first-order valence-corrected chi connectivity index (χ1v) is 7.32. The van der Waals surface area contributed by atoms with Gasteiger partial charge in [0.15, 0.2) is 0 Å². The Balaban J connectivity index is 1.71. The highest BCUT2D eigenvalue weighted by molar-refractivity contribution is 7.12. The number of thiophene rings is 1. The maximum atomic E-state index is 12.2. The van der Waals surface area contributed by atoms with E-state index in [0.717, 1.165) is 5.69 Å². The van der Waals surface area contributed by atoms with Crippen LogP contribution in [0.5, 0.6) is 0 Å². The molecule has 0 spiro atoms. The van der Waals surface area contributed by atoms with Crippen LogP contribution in [0.3, 0.4) is 0 Å². The molecule has 0 unspecified atom stereocenters. The molecular weight excluding hydrogens is 272 g/mol. The molecule has 3 rings (SSSR count). The van der Waals surface area contributed by atoms with Gasteiger partial charge in [-0.3, -0.25) is 9.59 Å². The van der Waals surface area contributed by atoms with E-state index in [1.54, 1.807) is 15.9 Å². The van der Waals surface area contributed by atoms with E-state index in [9.17, 15) is 9.59 Å². The lowest BCUT2D eigenvalue weighted by molar-refractivity contribution is -0.120. The van der Waals surface area contributed by atoms with Crippen LogP contribution in [0.2, 0.25) is 0 Å². The van der Waals surface area contributed by atoms with Gasteiger partial charge in [0.2, 0.25) is 5.91 Å². The Bertz CT molecular complexity index is 610. The van der Waals surface area contributed by atoms with Crippen molar-refractivity contribution < 1.29 is 9.59 Å². The molecule has 0 bridgehead atoms. The molecule has 5 heteroatoms. The summed E-state index contributed by atoms with van der Waals surface area (Å²) in [6.45, 7) is 1.25. The van der Waals surface area contributed by atoms with Crippen LogP contribution in [0.1, 0.15) is 9.67 Å². The van der Waals surface area contributed by atoms with Crippen LogP contribution in [-0.2, 0) is 4.79 Å². The van der Waals surface area contributed by atoms with Crippen molar-refractivity contribution in [3.8, 4) is 0 Å². The van der Waals surface area contributed by atoms with Gasteiger partial charge < -0.3 is 9.80 Å². The van der Waals surface area contributed by atoms with Crippen molar-refractivity contribution >= 4 is 28.8 Å². The van der Waals surface area contributed by atoms with Gasteiger partial charge in [0, 0.05) is 18.8 Å². The molecular formula is C15H14N2O2S. The Morgan fingerprint density at radius 3 is 2.50 bits per heavy atom. The molecule has 1 saturated heterocycles. The minimum absolute atomic E-state index is 0.0349. The Hall–Kier alpha value is -2.14.